The SMILES string of the molecule is CC(=O)N[C@@H](c1ccc(Cl)cc1)c1cccc(S(C)(=O)=O)c1. The summed E-state index contributed by atoms with van der Waals surface area (Å²) in [4.78, 5) is 11.7. The number of halogens is 1. The van der Waals surface area contributed by atoms with E-state index in [1.807, 2.05) is 0 Å². The summed E-state index contributed by atoms with van der Waals surface area (Å²) >= 11 is 5.89. The molecule has 0 bridgehead atoms. The number of carbonyl (C=O) groups excluding carboxylic acids is 1. The Kier molecular flexibility index (Phi) is 4.88. The molecule has 1 amide bonds. The van der Waals surface area contributed by atoms with Crippen molar-refractivity contribution in [1.82, 2.24) is 5.32 Å². The van der Waals surface area contributed by atoms with E-state index in [-0.39, 0.29) is 10.8 Å². The number of hydrogen-bond acceptors (Lipinski definition) is 3. The first-order valence-corrected chi connectivity index (χ1v) is 8.87. The monoisotopic (exact) mass is 337 g/mol. The Labute approximate surface area is 135 Å². The highest BCUT2D eigenvalue weighted by Gasteiger charge is 2.17. The van der Waals surface area contributed by atoms with E-state index in [9.17, 15) is 13.2 Å². The quantitative estimate of drug-likeness (QED) is 0.932. The molecule has 0 aliphatic rings. The summed E-state index contributed by atoms with van der Waals surface area (Å²) in [7, 11) is -3.31. The minimum atomic E-state index is -3.31. The van der Waals surface area contributed by atoms with Gasteiger partial charge >= 0.3 is 0 Å². The Morgan fingerprint density at radius 1 is 1.09 bits per heavy atom. The van der Waals surface area contributed by atoms with Crippen molar-refractivity contribution in [2.24, 2.45) is 0 Å². The van der Waals surface area contributed by atoms with Gasteiger partial charge in [-0.1, -0.05) is 35.9 Å². The number of sulfone groups is 1. The van der Waals surface area contributed by atoms with E-state index in [2.05, 4.69) is 5.32 Å². The highest BCUT2D eigenvalue weighted by molar-refractivity contribution is 7.90. The molecule has 0 fully saturated rings. The van der Waals surface area contributed by atoms with Gasteiger partial charge in [-0.15, -0.1) is 0 Å². The van der Waals surface area contributed by atoms with Gasteiger partial charge in [-0.25, -0.2) is 8.42 Å². The lowest BCUT2D eigenvalue weighted by Gasteiger charge is -2.19. The lowest BCUT2D eigenvalue weighted by molar-refractivity contribution is -0.119. The average molecular weight is 338 g/mol. The highest BCUT2D eigenvalue weighted by atomic mass is 35.5. The first kappa shape index (κ1) is 16.5. The third-order valence-corrected chi connectivity index (χ3v) is 4.53. The van der Waals surface area contributed by atoms with Gasteiger partial charge in [-0.05, 0) is 35.4 Å². The van der Waals surface area contributed by atoms with Crippen LogP contribution in [-0.2, 0) is 14.6 Å². The van der Waals surface area contributed by atoms with Crippen LogP contribution < -0.4 is 5.32 Å². The van der Waals surface area contributed by atoms with Crippen LogP contribution in [0, 0.1) is 0 Å². The molecule has 4 nitrogen and oxygen atoms in total. The van der Waals surface area contributed by atoms with E-state index >= 15 is 0 Å². The topological polar surface area (TPSA) is 63.2 Å². The molecule has 0 aliphatic heterocycles. The smallest absolute Gasteiger partial charge is 0.217 e. The molecule has 2 rings (SSSR count). The maximum absolute atomic E-state index is 11.7. The Hall–Kier alpha value is -1.85. The standard InChI is InChI=1S/C16H16ClNO3S/c1-11(19)18-16(12-6-8-14(17)9-7-12)13-4-3-5-15(10-13)22(2,20)21/h3-10,16H,1-2H3,(H,18,19)/t16-/m0/s1. The third kappa shape index (κ3) is 4.08. The molecular weight excluding hydrogens is 322 g/mol. The number of carbonyl (C=O) groups is 1. The zero-order valence-corrected chi connectivity index (χ0v) is 13.8. The summed E-state index contributed by atoms with van der Waals surface area (Å²) < 4.78 is 23.4. The van der Waals surface area contributed by atoms with E-state index in [1.165, 1.54) is 13.0 Å². The second-order valence-electron chi connectivity index (χ2n) is 5.03. The molecule has 0 saturated heterocycles. The molecule has 1 atom stereocenters. The number of rotatable bonds is 4. The van der Waals surface area contributed by atoms with Gasteiger partial charge in [0.15, 0.2) is 9.84 Å². The summed E-state index contributed by atoms with van der Waals surface area (Å²) in [5, 5.41) is 3.43. The van der Waals surface area contributed by atoms with Crippen LogP contribution in [-0.4, -0.2) is 20.6 Å². The largest absolute Gasteiger partial charge is 0.345 e. The normalized spacial score (nSPS) is 12.7. The molecule has 2 aromatic carbocycles. The van der Waals surface area contributed by atoms with Crippen LogP contribution in [0.4, 0.5) is 0 Å². The van der Waals surface area contributed by atoms with Crippen LogP contribution in [0.2, 0.25) is 5.02 Å². The van der Waals surface area contributed by atoms with Gasteiger partial charge in [-0.3, -0.25) is 4.79 Å². The molecule has 0 aromatic heterocycles. The van der Waals surface area contributed by atoms with Crippen LogP contribution in [0.5, 0.6) is 0 Å². The van der Waals surface area contributed by atoms with Gasteiger partial charge in [0.1, 0.15) is 0 Å². The average Bonchev–Trinajstić information content (AvgIpc) is 2.45. The first-order valence-electron chi connectivity index (χ1n) is 6.60. The third-order valence-electron chi connectivity index (χ3n) is 3.17. The Bertz CT molecular complexity index is 785. The maximum Gasteiger partial charge on any atom is 0.217 e. The molecule has 6 heteroatoms. The summed E-state index contributed by atoms with van der Waals surface area (Å²) in [6.45, 7) is 1.42. The summed E-state index contributed by atoms with van der Waals surface area (Å²) in [6, 6.07) is 13.2. The van der Waals surface area contributed by atoms with Crippen LogP contribution in [0.1, 0.15) is 24.1 Å². The zero-order chi connectivity index (χ0) is 16.3. The van der Waals surface area contributed by atoms with Crippen molar-refractivity contribution in [1.29, 1.82) is 0 Å². The summed E-state index contributed by atoms with van der Waals surface area (Å²) in [6.07, 6.45) is 1.15. The van der Waals surface area contributed by atoms with Gasteiger partial charge in [0.05, 0.1) is 10.9 Å². The van der Waals surface area contributed by atoms with Gasteiger partial charge in [0, 0.05) is 18.2 Å². The molecule has 0 aliphatic carbocycles. The van der Waals surface area contributed by atoms with E-state index in [0.29, 0.717) is 10.6 Å². The molecule has 22 heavy (non-hydrogen) atoms. The Morgan fingerprint density at radius 3 is 2.27 bits per heavy atom. The molecule has 0 unspecified atom stereocenters. The van der Waals surface area contributed by atoms with Gasteiger partial charge < -0.3 is 5.32 Å². The predicted octanol–water partition coefficient (Wildman–Crippen LogP) is 2.97. The van der Waals surface area contributed by atoms with Crippen molar-refractivity contribution in [3.63, 3.8) is 0 Å². The van der Waals surface area contributed by atoms with Gasteiger partial charge in [0.25, 0.3) is 0 Å². The lowest BCUT2D eigenvalue weighted by atomic mass is 9.99. The fourth-order valence-electron chi connectivity index (χ4n) is 2.14. The van der Waals surface area contributed by atoms with Crippen LogP contribution >= 0.6 is 11.6 Å². The molecule has 116 valence electrons. The molecule has 1 N–H and O–H groups in total. The maximum atomic E-state index is 11.7. The van der Waals surface area contributed by atoms with E-state index in [1.54, 1.807) is 42.5 Å². The number of hydrogen-bond donors (Lipinski definition) is 1. The van der Waals surface area contributed by atoms with Crippen molar-refractivity contribution in [3.05, 3.63) is 64.7 Å². The molecule has 0 radical (unpaired) electrons. The second kappa shape index (κ2) is 6.50. The van der Waals surface area contributed by atoms with Crippen LogP contribution in [0.25, 0.3) is 0 Å². The molecule has 0 heterocycles. The fourth-order valence-corrected chi connectivity index (χ4v) is 2.94. The number of amides is 1. The minimum absolute atomic E-state index is 0.204. The van der Waals surface area contributed by atoms with E-state index in [0.717, 1.165) is 11.8 Å². The number of nitrogens with one attached hydrogen (secondary N) is 1. The van der Waals surface area contributed by atoms with Crippen molar-refractivity contribution >= 4 is 27.3 Å². The summed E-state index contributed by atoms with van der Waals surface area (Å²) in [5.74, 6) is -0.204. The first-order chi connectivity index (χ1) is 10.3. The second-order valence-corrected chi connectivity index (χ2v) is 7.48. The minimum Gasteiger partial charge on any atom is -0.345 e. The predicted molar refractivity (Wildman–Crippen MR) is 86.7 cm³/mol. The van der Waals surface area contributed by atoms with Crippen molar-refractivity contribution in [2.75, 3.05) is 6.26 Å². The molecular formula is C16H16ClNO3S. The highest BCUT2D eigenvalue weighted by Crippen LogP contribution is 2.25. The van der Waals surface area contributed by atoms with E-state index in [4.69, 9.17) is 11.6 Å². The Morgan fingerprint density at radius 2 is 1.73 bits per heavy atom. The molecule has 0 saturated carbocycles. The zero-order valence-electron chi connectivity index (χ0n) is 12.2. The van der Waals surface area contributed by atoms with Crippen molar-refractivity contribution in [2.45, 2.75) is 17.9 Å². The molecule has 2 aromatic rings. The van der Waals surface area contributed by atoms with E-state index < -0.39 is 15.9 Å². The fraction of sp³-hybridized carbons (Fsp3) is 0.188. The van der Waals surface area contributed by atoms with Crippen LogP contribution in [0.15, 0.2) is 53.4 Å². The van der Waals surface area contributed by atoms with Crippen molar-refractivity contribution < 1.29 is 13.2 Å². The molecule has 0 spiro atoms. The van der Waals surface area contributed by atoms with Gasteiger partial charge in [0.2, 0.25) is 5.91 Å². The summed E-state index contributed by atoms with van der Waals surface area (Å²) in [5.41, 5.74) is 1.52. The Balaban J connectivity index is 2.50. The van der Waals surface area contributed by atoms with Gasteiger partial charge in [-0.2, -0.15) is 0 Å². The number of benzene rings is 2. The lowest BCUT2D eigenvalue weighted by Crippen LogP contribution is -2.27. The van der Waals surface area contributed by atoms with Crippen LogP contribution in [0.3, 0.4) is 0 Å². The van der Waals surface area contributed by atoms with Crippen molar-refractivity contribution in [3.8, 4) is 0 Å².